The molecule has 1 heterocycles. The molecule has 0 saturated carbocycles. The second-order valence-corrected chi connectivity index (χ2v) is 8.04. The highest BCUT2D eigenvalue weighted by Crippen LogP contribution is 2.35. The van der Waals surface area contributed by atoms with Crippen LogP contribution in [0.1, 0.15) is 16.8 Å². The van der Waals surface area contributed by atoms with Gasteiger partial charge in [-0.15, -0.1) is 0 Å². The molecule has 1 aromatic heterocycles. The van der Waals surface area contributed by atoms with Gasteiger partial charge in [-0.1, -0.05) is 29.8 Å². The summed E-state index contributed by atoms with van der Waals surface area (Å²) < 4.78 is 28.2. The summed E-state index contributed by atoms with van der Waals surface area (Å²) in [7, 11) is -3.77. The molecule has 25 heavy (non-hydrogen) atoms. The molecule has 5 nitrogen and oxygen atoms in total. The van der Waals surface area contributed by atoms with Crippen molar-refractivity contribution in [2.45, 2.75) is 37.1 Å². The zero-order valence-electron chi connectivity index (χ0n) is 14.3. The van der Waals surface area contributed by atoms with Gasteiger partial charge in [-0.25, -0.2) is 8.42 Å². The lowest BCUT2D eigenvalue weighted by Crippen LogP contribution is -2.11. The van der Waals surface area contributed by atoms with E-state index in [0.717, 1.165) is 5.56 Å². The van der Waals surface area contributed by atoms with Crippen molar-refractivity contribution in [3.63, 3.8) is 0 Å². The maximum atomic E-state index is 13.3. The Morgan fingerprint density at radius 2 is 1.76 bits per heavy atom. The summed E-state index contributed by atoms with van der Waals surface area (Å²) in [5, 5.41) is 9.77. The Morgan fingerprint density at radius 1 is 1.08 bits per heavy atom. The first-order chi connectivity index (χ1) is 11.7. The molecule has 0 amide bonds. The average Bonchev–Trinajstić information content (AvgIpc) is 2.79. The molecule has 0 saturated heterocycles. The lowest BCUT2D eigenvalue weighted by Gasteiger charge is -2.09. The Hall–Kier alpha value is -2.60. The van der Waals surface area contributed by atoms with Gasteiger partial charge in [0, 0.05) is 11.1 Å². The first-order valence-electron chi connectivity index (χ1n) is 7.85. The molecule has 0 spiro atoms. The monoisotopic (exact) mass is 357 g/mol. The maximum absolute atomic E-state index is 13.3. The number of carboxylic acids is 1. The third kappa shape index (κ3) is 2.82. The quantitative estimate of drug-likeness (QED) is 0.775. The zero-order valence-corrected chi connectivity index (χ0v) is 15.1. The van der Waals surface area contributed by atoms with Gasteiger partial charge in [-0.05, 0) is 44.5 Å². The number of aromatic nitrogens is 1. The first kappa shape index (κ1) is 17.2. The summed E-state index contributed by atoms with van der Waals surface area (Å²) >= 11 is 0. The van der Waals surface area contributed by atoms with Crippen LogP contribution >= 0.6 is 0 Å². The van der Waals surface area contributed by atoms with Crippen molar-refractivity contribution in [2.24, 2.45) is 0 Å². The topological polar surface area (TPSA) is 76.4 Å². The van der Waals surface area contributed by atoms with Crippen LogP contribution in [0.5, 0.6) is 0 Å². The van der Waals surface area contributed by atoms with E-state index >= 15 is 0 Å². The molecule has 3 aromatic rings. The fourth-order valence-electron chi connectivity index (χ4n) is 3.21. The van der Waals surface area contributed by atoms with Crippen LogP contribution in [-0.4, -0.2) is 24.1 Å². The summed E-state index contributed by atoms with van der Waals surface area (Å²) in [6.45, 7) is 5.01. The smallest absolute Gasteiger partial charge is 0.323 e. The standard InChI is InChI=1S/C19H19NO4S/c1-12-8-9-16-15(10-12)19(14(3)20(16)11-18(21)22)25(23,24)17-7-5-4-6-13(17)2/h4-10H,11H2,1-3H3,(H,21,22). The van der Waals surface area contributed by atoms with E-state index < -0.39 is 15.8 Å². The van der Waals surface area contributed by atoms with Gasteiger partial charge in [-0.3, -0.25) is 4.79 Å². The molecule has 3 rings (SSSR count). The minimum absolute atomic E-state index is 0.182. The van der Waals surface area contributed by atoms with E-state index in [1.165, 1.54) is 0 Å². The number of aliphatic carboxylic acids is 1. The second kappa shape index (κ2) is 6.04. The Morgan fingerprint density at radius 3 is 2.40 bits per heavy atom. The van der Waals surface area contributed by atoms with Crippen molar-refractivity contribution >= 4 is 26.7 Å². The van der Waals surface area contributed by atoms with Gasteiger partial charge in [0.25, 0.3) is 0 Å². The van der Waals surface area contributed by atoms with Gasteiger partial charge in [0.05, 0.1) is 10.4 Å². The fourth-order valence-corrected chi connectivity index (χ4v) is 5.13. The highest BCUT2D eigenvalue weighted by molar-refractivity contribution is 7.91. The number of aryl methyl sites for hydroxylation is 2. The lowest BCUT2D eigenvalue weighted by atomic mass is 10.2. The number of rotatable bonds is 4. The SMILES string of the molecule is Cc1ccc2c(c1)c(S(=O)(=O)c1ccccc1C)c(C)n2CC(=O)O. The van der Waals surface area contributed by atoms with Gasteiger partial charge < -0.3 is 9.67 Å². The number of fused-ring (bicyclic) bond motifs is 1. The molecule has 130 valence electrons. The second-order valence-electron chi connectivity index (χ2n) is 6.18. The summed E-state index contributed by atoms with van der Waals surface area (Å²) in [4.78, 5) is 11.7. The van der Waals surface area contributed by atoms with Gasteiger partial charge in [0.1, 0.15) is 11.4 Å². The van der Waals surface area contributed by atoms with E-state index in [1.807, 2.05) is 13.0 Å². The number of sulfone groups is 1. The van der Waals surface area contributed by atoms with Crippen LogP contribution in [0.2, 0.25) is 0 Å². The fraction of sp³-hybridized carbons (Fsp3) is 0.211. The van der Waals surface area contributed by atoms with Crippen molar-refractivity contribution in [1.82, 2.24) is 4.57 Å². The molecule has 0 atom stereocenters. The van der Waals surface area contributed by atoms with Crippen molar-refractivity contribution in [1.29, 1.82) is 0 Å². The summed E-state index contributed by atoms with van der Waals surface area (Å²) in [6, 6.07) is 12.2. The number of nitrogens with zero attached hydrogens (tertiary/aromatic N) is 1. The Bertz CT molecular complexity index is 1090. The number of benzene rings is 2. The molecule has 0 aliphatic rings. The molecule has 2 aromatic carbocycles. The van der Waals surface area contributed by atoms with E-state index in [2.05, 4.69) is 0 Å². The molecule has 0 aliphatic heterocycles. The van der Waals surface area contributed by atoms with Crippen LogP contribution in [0.3, 0.4) is 0 Å². The summed E-state index contributed by atoms with van der Waals surface area (Å²) in [5.41, 5.74) is 2.62. The van der Waals surface area contributed by atoms with Gasteiger partial charge in [0.2, 0.25) is 9.84 Å². The van der Waals surface area contributed by atoms with Crippen LogP contribution in [0, 0.1) is 20.8 Å². The van der Waals surface area contributed by atoms with Gasteiger partial charge in [-0.2, -0.15) is 0 Å². The van der Waals surface area contributed by atoms with Crippen molar-refractivity contribution in [3.05, 3.63) is 59.3 Å². The van der Waals surface area contributed by atoms with Crippen LogP contribution in [0.4, 0.5) is 0 Å². The summed E-state index contributed by atoms with van der Waals surface area (Å²) in [5.74, 6) is -1.01. The number of hydrogen-bond acceptors (Lipinski definition) is 3. The normalized spacial score (nSPS) is 11.8. The lowest BCUT2D eigenvalue weighted by molar-refractivity contribution is -0.137. The van der Waals surface area contributed by atoms with E-state index in [-0.39, 0.29) is 16.3 Å². The van der Waals surface area contributed by atoms with Crippen molar-refractivity contribution in [2.75, 3.05) is 0 Å². The number of hydrogen-bond donors (Lipinski definition) is 1. The predicted molar refractivity (Wildman–Crippen MR) is 95.7 cm³/mol. The predicted octanol–water partition coefficient (Wildman–Crippen LogP) is 3.48. The largest absolute Gasteiger partial charge is 0.480 e. The van der Waals surface area contributed by atoms with Gasteiger partial charge in [0.15, 0.2) is 0 Å². The average molecular weight is 357 g/mol. The van der Waals surface area contributed by atoms with E-state index in [1.54, 1.807) is 54.8 Å². The van der Waals surface area contributed by atoms with Crippen LogP contribution in [-0.2, 0) is 21.2 Å². The summed E-state index contributed by atoms with van der Waals surface area (Å²) in [6.07, 6.45) is 0. The molecule has 1 N–H and O–H groups in total. The third-order valence-corrected chi connectivity index (χ3v) is 6.46. The Kier molecular flexibility index (Phi) is 4.16. The van der Waals surface area contributed by atoms with E-state index in [9.17, 15) is 18.3 Å². The highest BCUT2D eigenvalue weighted by Gasteiger charge is 2.28. The van der Waals surface area contributed by atoms with Crippen LogP contribution in [0.15, 0.2) is 52.3 Å². The minimum atomic E-state index is -3.77. The minimum Gasteiger partial charge on any atom is -0.480 e. The molecular formula is C19H19NO4S. The third-order valence-electron chi connectivity index (χ3n) is 4.37. The Labute approximate surface area is 146 Å². The molecular weight excluding hydrogens is 338 g/mol. The molecule has 0 aliphatic carbocycles. The molecule has 0 fully saturated rings. The van der Waals surface area contributed by atoms with E-state index in [4.69, 9.17) is 0 Å². The van der Waals surface area contributed by atoms with Crippen LogP contribution in [0.25, 0.3) is 10.9 Å². The first-order valence-corrected chi connectivity index (χ1v) is 9.33. The number of carboxylic acid groups (broad SMARTS) is 1. The Balaban J connectivity index is 2.40. The van der Waals surface area contributed by atoms with Crippen LogP contribution < -0.4 is 0 Å². The zero-order chi connectivity index (χ0) is 18.4. The highest BCUT2D eigenvalue weighted by atomic mass is 32.2. The maximum Gasteiger partial charge on any atom is 0.323 e. The molecule has 0 radical (unpaired) electrons. The number of carbonyl (C=O) groups is 1. The molecule has 0 bridgehead atoms. The van der Waals surface area contributed by atoms with Crippen molar-refractivity contribution in [3.8, 4) is 0 Å². The van der Waals surface area contributed by atoms with Gasteiger partial charge >= 0.3 is 5.97 Å². The van der Waals surface area contributed by atoms with Crippen molar-refractivity contribution < 1.29 is 18.3 Å². The molecule has 6 heteroatoms. The van der Waals surface area contributed by atoms with E-state index in [0.29, 0.717) is 22.2 Å². The molecule has 0 unspecified atom stereocenters.